The molecule has 1 N–H and O–H groups in total. The molecule has 0 unspecified atom stereocenters. The van der Waals surface area contributed by atoms with Gasteiger partial charge in [-0.3, -0.25) is 4.79 Å². The average Bonchev–Trinajstić information content (AvgIpc) is 2.98. The van der Waals surface area contributed by atoms with Crippen LogP contribution in [0.5, 0.6) is 0 Å². The fourth-order valence-corrected chi connectivity index (χ4v) is 1.64. The zero-order chi connectivity index (χ0) is 13.5. The summed E-state index contributed by atoms with van der Waals surface area (Å²) in [6.45, 7) is 1.79. The number of hydrogen-bond donors (Lipinski definition) is 1. The van der Waals surface area contributed by atoms with Gasteiger partial charge in [0, 0.05) is 6.42 Å². The van der Waals surface area contributed by atoms with Crippen molar-refractivity contribution in [2.24, 2.45) is 5.10 Å². The van der Waals surface area contributed by atoms with Gasteiger partial charge in [-0.2, -0.15) is 5.10 Å². The van der Waals surface area contributed by atoms with Crippen LogP contribution in [0.15, 0.2) is 58.2 Å². The first-order chi connectivity index (χ1) is 9.25. The molecule has 0 aliphatic carbocycles. The van der Waals surface area contributed by atoms with Crippen LogP contribution in [0.25, 0.3) is 0 Å². The molecular formula is C15H16N2O2. The maximum absolute atomic E-state index is 11.6. The topological polar surface area (TPSA) is 54.6 Å². The minimum Gasteiger partial charge on any atom is -0.463 e. The van der Waals surface area contributed by atoms with Gasteiger partial charge >= 0.3 is 0 Å². The zero-order valence-corrected chi connectivity index (χ0v) is 10.8. The van der Waals surface area contributed by atoms with Crippen molar-refractivity contribution in [2.45, 2.75) is 19.8 Å². The van der Waals surface area contributed by atoms with E-state index < -0.39 is 0 Å². The Kier molecular flexibility index (Phi) is 4.50. The zero-order valence-electron chi connectivity index (χ0n) is 10.8. The quantitative estimate of drug-likeness (QED) is 0.660. The van der Waals surface area contributed by atoms with Gasteiger partial charge in [0.05, 0.1) is 6.26 Å². The summed E-state index contributed by atoms with van der Waals surface area (Å²) in [5, 5.41) is 4.00. The van der Waals surface area contributed by atoms with Crippen molar-refractivity contribution >= 4 is 11.6 Å². The number of rotatable bonds is 5. The largest absolute Gasteiger partial charge is 0.463 e. The summed E-state index contributed by atoms with van der Waals surface area (Å²) in [4.78, 5) is 11.6. The van der Waals surface area contributed by atoms with E-state index in [0.717, 1.165) is 5.56 Å². The predicted octanol–water partition coefficient (Wildman–Crippen LogP) is 2.75. The van der Waals surface area contributed by atoms with Crippen molar-refractivity contribution in [1.29, 1.82) is 0 Å². The van der Waals surface area contributed by atoms with Gasteiger partial charge in [0.25, 0.3) is 0 Å². The smallest absolute Gasteiger partial charge is 0.240 e. The van der Waals surface area contributed by atoms with Crippen LogP contribution >= 0.6 is 0 Å². The fraction of sp³-hybridized carbons (Fsp3) is 0.200. The normalized spacial score (nSPS) is 11.3. The van der Waals surface area contributed by atoms with Crippen molar-refractivity contribution in [1.82, 2.24) is 5.43 Å². The molecule has 2 rings (SSSR count). The minimum atomic E-state index is -0.102. The maximum atomic E-state index is 11.6. The standard InChI is InChI=1S/C15H16N2O2/c1-12(14-8-5-11-19-14)16-17-15(18)10-9-13-6-3-2-4-7-13/h2-8,11H,9-10H2,1H3,(H,17,18). The van der Waals surface area contributed by atoms with E-state index >= 15 is 0 Å². The van der Waals surface area contributed by atoms with E-state index in [-0.39, 0.29) is 5.91 Å². The third kappa shape index (κ3) is 4.10. The number of aryl methyl sites for hydroxylation is 1. The van der Waals surface area contributed by atoms with Gasteiger partial charge in [0.2, 0.25) is 5.91 Å². The Labute approximate surface area is 112 Å². The maximum Gasteiger partial charge on any atom is 0.240 e. The van der Waals surface area contributed by atoms with Gasteiger partial charge in [0.1, 0.15) is 11.5 Å². The summed E-state index contributed by atoms with van der Waals surface area (Å²) in [7, 11) is 0. The van der Waals surface area contributed by atoms with E-state index in [9.17, 15) is 4.79 Å². The summed E-state index contributed by atoms with van der Waals surface area (Å²) in [6, 6.07) is 13.5. The van der Waals surface area contributed by atoms with Crippen molar-refractivity contribution < 1.29 is 9.21 Å². The van der Waals surface area contributed by atoms with Crippen LogP contribution in [0.2, 0.25) is 0 Å². The number of benzene rings is 1. The Morgan fingerprint density at radius 2 is 2.00 bits per heavy atom. The summed E-state index contributed by atoms with van der Waals surface area (Å²) >= 11 is 0. The molecule has 0 fully saturated rings. The molecule has 1 amide bonds. The summed E-state index contributed by atoms with van der Waals surface area (Å²) in [5.74, 6) is 0.554. The molecule has 19 heavy (non-hydrogen) atoms. The third-order valence-electron chi connectivity index (χ3n) is 2.71. The van der Waals surface area contributed by atoms with Crippen LogP contribution in [-0.4, -0.2) is 11.6 Å². The van der Waals surface area contributed by atoms with Crippen LogP contribution in [0.3, 0.4) is 0 Å². The Bertz CT molecular complexity index is 545. The average molecular weight is 256 g/mol. The van der Waals surface area contributed by atoms with Crippen LogP contribution in [0.4, 0.5) is 0 Å². The summed E-state index contributed by atoms with van der Waals surface area (Å²) in [6.07, 6.45) is 2.70. The first-order valence-corrected chi connectivity index (χ1v) is 6.16. The number of nitrogens with zero attached hydrogens (tertiary/aromatic N) is 1. The Morgan fingerprint density at radius 3 is 2.68 bits per heavy atom. The molecule has 2 aromatic rings. The monoisotopic (exact) mass is 256 g/mol. The molecule has 1 heterocycles. The molecule has 0 aliphatic rings. The molecule has 0 bridgehead atoms. The first kappa shape index (κ1) is 13.1. The second-order valence-corrected chi connectivity index (χ2v) is 4.20. The number of nitrogens with one attached hydrogen (secondary N) is 1. The van der Waals surface area contributed by atoms with E-state index in [4.69, 9.17) is 4.42 Å². The molecule has 0 atom stereocenters. The van der Waals surface area contributed by atoms with E-state index in [1.165, 1.54) is 0 Å². The minimum absolute atomic E-state index is 0.102. The van der Waals surface area contributed by atoms with Gasteiger partial charge in [-0.05, 0) is 31.0 Å². The van der Waals surface area contributed by atoms with Crippen molar-refractivity contribution in [2.75, 3.05) is 0 Å². The number of hydrogen-bond acceptors (Lipinski definition) is 3. The molecule has 0 spiro atoms. The lowest BCUT2D eigenvalue weighted by Gasteiger charge is -2.01. The van der Waals surface area contributed by atoms with Gasteiger partial charge < -0.3 is 4.42 Å². The molecular weight excluding hydrogens is 240 g/mol. The van der Waals surface area contributed by atoms with Crippen LogP contribution in [-0.2, 0) is 11.2 Å². The van der Waals surface area contributed by atoms with Crippen LogP contribution < -0.4 is 5.43 Å². The Hall–Kier alpha value is -2.36. The molecule has 4 nitrogen and oxygen atoms in total. The molecule has 0 saturated carbocycles. The number of hydrazone groups is 1. The van der Waals surface area contributed by atoms with Gasteiger partial charge in [-0.1, -0.05) is 30.3 Å². The van der Waals surface area contributed by atoms with Crippen LogP contribution in [0, 0.1) is 0 Å². The molecule has 0 saturated heterocycles. The first-order valence-electron chi connectivity index (χ1n) is 6.16. The molecule has 0 aliphatic heterocycles. The second-order valence-electron chi connectivity index (χ2n) is 4.20. The third-order valence-corrected chi connectivity index (χ3v) is 2.71. The number of amides is 1. The fourth-order valence-electron chi connectivity index (χ4n) is 1.64. The molecule has 4 heteroatoms. The molecule has 1 aromatic carbocycles. The Balaban J connectivity index is 1.80. The van der Waals surface area contributed by atoms with Gasteiger partial charge in [-0.15, -0.1) is 0 Å². The van der Waals surface area contributed by atoms with Crippen molar-refractivity contribution in [3.8, 4) is 0 Å². The lowest BCUT2D eigenvalue weighted by atomic mass is 10.1. The molecule has 98 valence electrons. The highest BCUT2D eigenvalue weighted by atomic mass is 16.3. The van der Waals surface area contributed by atoms with E-state index in [1.807, 2.05) is 30.3 Å². The van der Waals surface area contributed by atoms with Crippen molar-refractivity contribution in [3.05, 3.63) is 60.1 Å². The SMILES string of the molecule is CC(=NNC(=O)CCc1ccccc1)c1ccco1. The molecule has 1 aromatic heterocycles. The number of carbonyl (C=O) groups is 1. The highest BCUT2D eigenvalue weighted by Gasteiger charge is 2.03. The molecule has 0 radical (unpaired) electrons. The number of furan rings is 1. The Morgan fingerprint density at radius 1 is 1.21 bits per heavy atom. The van der Waals surface area contributed by atoms with Gasteiger partial charge in [-0.25, -0.2) is 5.43 Å². The van der Waals surface area contributed by atoms with E-state index in [2.05, 4.69) is 10.5 Å². The highest BCUT2D eigenvalue weighted by molar-refractivity contribution is 5.96. The second kappa shape index (κ2) is 6.54. The van der Waals surface area contributed by atoms with E-state index in [1.54, 1.807) is 25.3 Å². The van der Waals surface area contributed by atoms with Gasteiger partial charge in [0.15, 0.2) is 0 Å². The van der Waals surface area contributed by atoms with Crippen LogP contribution in [0.1, 0.15) is 24.7 Å². The summed E-state index contributed by atoms with van der Waals surface area (Å²) < 4.78 is 5.17. The van der Waals surface area contributed by atoms with E-state index in [0.29, 0.717) is 24.3 Å². The van der Waals surface area contributed by atoms with Crippen molar-refractivity contribution in [3.63, 3.8) is 0 Å². The predicted molar refractivity (Wildman–Crippen MR) is 73.8 cm³/mol. The highest BCUT2D eigenvalue weighted by Crippen LogP contribution is 2.03. The number of carbonyl (C=O) groups excluding carboxylic acids is 1. The lowest BCUT2D eigenvalue weighted by molar-refractivity contribution is -0.121. The summed E-state index contributed by atoms with van der Waals surface area (Å²) in [5.41, 5.74) is 4.32. The lowest BCUT2D eigenvalue weighted by Crippen LogP contribution is -2.19.